The number of carboxylic acid groups (broad SMARTS) is 1. The van der Waals surface area contributed by atoms with Crippen molar-refractivity contribution >= 4 is 28.5 Å². The summed E-state index contributed by atoms with van der Waals surface area (Å²) in [6.45, 7) is 2.11. The number of rotatable bonds is 11. The number of aromatic nitrogens is 1. The van der Waals surface area contributed by atoms with E-state index in [9.17, 15) is 23.1 Å². The molecule has 1 fully saturated rings. The highest BCUT2D eigenvalue weighted by Crippen LogP contribution is 2.41. The number of aryl methyl sites for hydroxylation is 2. The minimum Gasteiger partial charge on any atom is -0.497 e. The third kappa shape index (κ3) is 6.77. The molecule has 0 unspecified atom stereocenters. The fourth-order valence-corrected chi connectivity index (χ4v) is 5.84. The molecule has 1 N–H and O–H groups in total. The van der Waals surface area contributed by atoms with E-state index in [2.05, 4.69) is 9.88 Å². The lowest BCUT2D eigenvalue weighted by Gasteiger charge is -2.41. The van der Waals surface area contributed by atoms with Gasteiger partial charge >= 0.3 is 5.97 Å². The standard InChI is InChI=1S/C29H32ClF3N2O3/c1-38-21-6-7-26-23(16-21)22(24(30)18-34-26)5-2-8-29(17-27(36)37)9-12-35(13-10-29)11-3-4-19-14-20(31)15-25(32)28(19)33/h6-7,14-16,18H,2-5,8-13,17H2,1H3,(H,36,37). The summed E-state index contributed by atoms with van der Waals surface area (Å²) in [5.41, 5.74) is 1.55. The smallest absolute Gasteiger partial charge is 0.303 e. The number of ether oxygens (including phenoxy) is 1. The molecule has 1 aliphatic rings. The molecular formula is C29H32ClF3N2O3. The summed E-state index contributed by atoms with van der Waals surface area (Å²) >= 11 is 6.51. The first-order valence-electron chi connectivity index (χ1n) is 12.9. The molecule has 0 radical (unpaired) electrons. The molecule has 38 heavy (non-hydrogen) atoms. The fraction of sp³-hybridized carbons (Fsp3) is 0.448. The number of hydrogen-bond acceptors (Lipinski definition) is 4. The molecule has 0 amide bonds. The van der Waals surface area contributed by atoms with Gasteiger partial charge in [-0.1, -0.05) is 11.6 Å². The second-order valence-corrected chi connectivity index (χ2v) is 10.6. The first-order chi connectivity index (χ1) is 18.2. The van der Waals surface area contributed by atoms with Crippen molar-refractivity contribution in [3.8, 4) is 5.75 Å². The molecule has 1 aromatic heterocycles. The van der Waals surface area contributed by atoms with Gasteiger partial charge < -0.3 is 14.7 Å². The summed E-state index contributed by atoms with van der Waals surface area (Å²) in [5, 5.41) is 11.2. The molecule has 1 aliphatic heterocycles. The Kier molecular flexibility index (Phi) is 9.15. The normalized spacial score (nSPS) is 15.6. The maximum Gasteiger partial charge on any atom is 0.303 e. The minimum absolute atomic E-state index is 0.0413. The Morgan fingerprint density at radius 1 is 1.13 bits per heavy atom. The number of hydrogen-bond donors (Lipinski definition) is 1. The molecule has 1 saturated heterocycles. The van der Waals surface area contributed by atoms with Gasteiger partial charge in [-0.25, -0.2) is 13.2 Å². The van der Waals surface area contributed by atoms with Crippen LogP contribution in [0.4, 0.5) is 13.2 Å². The van der Waals surface area contributed by atoms with Crippen LogP contribution < -0.4 is 4.74 Å². The van der Waals surface area contributed by atoms with Crippen molar-refractivity contribution < 1.29 is 27.8 Å². The highest BCUT2D eigenvalue weighted by Gasteiger charge is 2.36. The van der Waals surface area contributed by atoms with Crippen LogP contribution in [0.25, 0.3) is 10.9 Å². The van der Waals surface area contributed by atoms with Crippen molar-refractivity contribution in [1.82, 2.24) is 9.88 Å². The predicted molar refractivity (Wildman–Crippen MR) is 141 cm³/mol. The van der Waals surface area contributed by atoms with Gasteiger partial charge in [0.05, 0.1) is 24.1 Å². The molecule has 0 atom stereocenters. The monoisotopic (exact) mass is 548 g/mol. The van der Waals surface area contributed by atoms with Crippen molar-refractivity contribution in [3.63, 3.8) is 0 Å². The molecule has 0 aliphatic carbocycles. The number of carboxylic acids is 1. The van der Waals surface area contributed by atoms with Gasteiger partial charge in [-0.2, -0.15) is 0 Å². The first kappa shape index (κ1) is 28.2. The Morgan fingerprint density at radius 2 is 1.89 bits per heavy atom. The lowest BCUT2D eigenvalue weighted by Crippen LogP contribution is -2.41. The minimum atomic E-state index is -1.17. The number of carbonyl (C=O) groups is 1. The predicted octanol–water partition coefficient (Wildman–Crippen LogP) is 6.83. The van der Waals surface area contributed by atoms with Gasteiger partial charge in [0.15, 0.2) is 11.6 Å². The molecule has 5 nitrogen and oxygen atoms in total. The van der Waals surface area contributed by atoms with E-state index in [1.807, 2.05) is 18.2 Å². The zero-order valence-electron chi connectivity index (χ0n) is 21.4. The highest BCUT2D eigenvalue weighted by atomic mass is 35.5. The Labute approximate surface area is 225 Å². The molecular weight excluding hydrogens is 517 g/mol. The van der Waals surface area contributed by atoms with Crippen molar-refractivity contribution in [2.24, 2.45) is 5.41 Å². The Balaban J connectivity index is 1.35. The lowest BCUT2D eigenvalue weighted by molar-refractivity contribution is -0.140. The van der Waals surface area contributed by atoms with Crippen LogP contribution in [0, 0.1) is 22.9 Å². The maximum absolute atomic E-state index is 13.9. The van der Waals surface area contributed by atoms with Gasteiger partial charge in [-0.05, 0) is 105 Å². The number of methoxy groups -OCH3 is 1. The van der Waals surface area contributed by atoms with Crippen molar-refractivity contribution in [1.29, 1.82) is 0 Å². The van der Waals surface area contributed by atoms with Gasteiger partial charge in [0.1, 0.15) is 11.6 Å². The molecule has 0 saturated carbocycles. The molecule has 2 aromatic carbocycles. The van der Waals surface area contributed by atoms with Gasteiger partial charge in [-0.15, -0.1) is 0 Å². The van der Waals surface area contributed by atoms with Crippen LogP contribution in [0.5, 0.6) is 5.75 Å². The SMILES string of the molecule is COc1ccc2ncc(Cl)c(CCCC3(CC(=O)O)CCN(CCCc4cc(F)cc(F)c4F)CC3)c2c1. The maximum atomic E-state index is 13.9. The van der Waals surface area contributed by atoms with Crippen LogP contribution in [0.1, 0.15) is 49.7 Å². The van der Waals surface area contributed by atoms with Crippen LogP contribution in [0.2, 0.25) is 5.02 Å². The quantitative estimate of drug-likeness (QED) is 0.266. The molecule has 4 rings (SSSR count). The van der Waals surface area contributed by atoms with Crippen LogP contribution in [0.15, 0.2) is 36.5 Å². The third-order valence-electron chi connectivity index (χ3n) is 7.70. The van der Waals surface area contributed by atoms with Gasteiger partial charge in [0.25, 0.3) is 0 Å². The summed E-state index contributed by atoms with van der Waals surface area (Å²) in [4.78, 5) is 18.4. The van der Waals surface area contributed by atoms with Crippen LogP contribution >= 0.6 is 11.6 Å². The Bertz CT molecular complexity index is 1300. The number of piperidine rings is 1. The third-order valence-corrected chi connectivity index (χ3v) is 8.03. The molecule has 0 bridgehead atoms. The highest BCUT2D eigenvalue weighted by molar-refractivity contribution is 6.32. The number of fused-ring (bicyclic) bond motifs is 1. The second kappa shape index (κ2) is 12.3. The molecule has 204 valence electrons. The van der Waals surface area contributed by atoms with Crippen LogP contribution in [-0.2, 0) is 17.6 Å². The lowest BCUT2D eigenvalue weighted by atomic mass is 9.72. The summed E-state index contributed by atoms with van der Waals surface area (Å²) in [6, 6.07) is 7.28. The van der Waals surface area contributed by atoms with Crippen molar-refractivity contribution in [2.75, 3.05) is 26.7 Å². The molecule has 2 heterocycles. The zero-order chi connectivity index (χ0) is 27.3. The van der Waals surface area contributed by atoms with Gasteiger partial charge in [-0.3, -0.25) is 9.78 Å². The number of nitrogens with zero attached hydrogens (tertiary/aromatic N) is 2. The second-order valence-electron chi connectivity index (χ2n) is 10.2. The van der Waals surface area contributed by atoms with Gasteiger partial charge in [0.2, 0.25) is 0 Å². The van der Waals surface area contributed by atoms with Crippen LogP contribution in [0.3, 0.4) is 0 Å². The zero-order valence-corrected chi connectivity index (χ0v) is 22.2. The number of likely N-dealkylation sites (tertiary alicyclic amines) is 1. The van der Waals surface area contributed by atoms with Crippen LogP contribution in [-0.4, -0.2) is 47.7 Å². The van der Waals surface area contributed by atoms with E-state index >= 15 is 0 Å². The largest absolute Gasteiger partial charge is 0.497 e. The Hall–Kier alpha value is -2.84. The number of aliphatic carboxylic acids is 1. The summed E-state index contributed by atoms with van der Waals surface area (Å²) in [7, 11) is 1.61. The summed E-state index contributed by atoms with van der Waals surface area (Å²) < 4.78 is 46.2. The summed E-state index contributed by atoms with van der Waals surface area (Å²) in [5.74, 6) is -3.03. The van der Waals surface area contributed by atoms with E-state index in [1.54, 1.807) is 13.3 Å². The molecule has 9 heteroatoms. The van der Waals surface area contributed by atoms with E-state index in [0.717, 1.165) is 67.1 Å². The molecule has 3 aromatic rings. The van der Waals surface area contributed by atoms with Crippen molar-refractivity contribution in [3.05, 3.63) is 70.1 Å². The van der Waals surface area contributed by atoms with E-state index in [4.69, 9.17) is 16.3 Å². The first-order valence-corrected chi connectivity index (χ1v) is 13.3. The summed E-state index contributed by atoms with van der Waals surface area (Å²) in [6.07, 6.45) is 6.27. The number of benzene rings is 2. The number of halogens is 4. The molecule has 0 spiro atoms. The average Bonchev–Trinajstić information content (AvgIpc) is 2.88. The van der Waals surface area contributed by atoms with E-state index in [-0.39, 0.29) is 23.8 Å². The van der Waals surface area contributed by atoms with E-state index in [0.29, 0.717) is 30.5 Å². The van der Waals surface area contributed by atoms with E-state index < -0.39 is 23.4 Å². The van der Waals surface area contributed by atoms with E-state index in [1.165, 1.54) is 0 Å². The number of pyridine rings is 1. The average molecular weight is 549 g/mol. The Morgan fingerprint density at radius 3 is 2.61 bits per heavy atom. The van der Waals surface area contributed by atoms with Crippen molar-refractivity contribution in [2.45, 2.75) is 51.4 Å². The van der Waals surface area contributed by atoms with Gasteiger partial charge in [0, 0.05) is 17.6 Å². The topological polar surface area (TPSA) is 62.7 Å². The fourth-order valence-electron chi connectivity index (χ4n) is 5.59.